The van der Waals surface area contributed by atoms with Crippen molar-refractivity contribution in [3.8, 4) is 0 Å². The summed E-state index contributed by atoms with van der Waals surface area (Å²) in [6.45, 7) is 4.18. The van der Waals surface area contributed by atoms with Gasteiger partial charge in [-0.05, 0) is 5.92 Å². The molecule has 0 atom stereocenters. The van der Waals surface area contributed by atoms with Gasteiger partial charge in [0, 0.05) is 28.9 Å². The van der Waals surface area contributed by atoms with Gasteiger partial charge in [-0.1, -0.05) is 13.8 Å². The average Bonchev–Trinajstić information content (AvgIpc) is 1.38. The molecule has 0 fully saturated rings. The first-order chi connectivity index (χ1) is 2.27. The molecule has 0 rings (SSSR count). The van der Waals surface area contributed by atoms with Crippen LogP contribution in [0.3, 0.4) is 0 Å². The van der Waals surface area contributed by atoms with Gasteiger partial charge in [0.25, 0.3) is 0 Å². The molecule has 0 aliphatic rings. The predicted octanol–water partition coefficient (Wildman–Crippen LogP) is 1.50. The summed E-state index contributed by atoms with van der Waals surface area (Å²) in [5, 5.41) is 0. The molecule has 0 aliphatic heterocycles. The number of halogens is 1. The maximum atomic E-state index is 5.34. The highest BCUT2D eigenvalue weighted by Crippen LogP contribution is 1.91. The summed E-state index contributed by atoms with van der Waals surface area (Å²) >= 11 is 5.34. The largest absolute Gasteiger partial charge is 0.126 e. The van der Waals surface area contributed by atoms with Gasteiger partial charge in [-0.15, -0.1) is 11.6 Å². The predicted molar refractivity (Wildman–Crippen MR) is 31.3 cm³/mol. The highest BCUT2D eigenvalue weighted by molar-refractivity contribution is 6.17. The van der Waals surface area contributed by atoms with Crippen molar-refractivity contribution in [2.24, 2.45) is 5.92 Å². The van der Waals surface area contributed by atoms with Crippen LogP contribution >= 0.6 is 11.6 Å². The van der Waals surface area contributed by atoms with Gasteiger partial charge in [0.05, 0.1) is 0 Å². The highest BCUT2D eigenvalue weighted by Gasteiger charge is 1.82. The van der Waals surface area contributed by atoms with Crippen molar-refractivity contribution in [3.05, 3.63) is 0 Å². The van der Waals surface area contributed by atoms with Gasteiger partial charge in [-0.3, -0.25) is 0 Å². The number of hydrogen-bond acceptors (Lipinski definition) is 0. The summed E-state index contributed by atoms with van der Waals surface area (Å²) in [6, 6.07) is 0. The van der Waals surface area contributed by atoms with Crippen LogP contribution in [0, 0.1) is 5.92 Å². The first kappa shape index (κ1) is 10.1. The van der Waals surface area contributed by atoms with Crippen molar-refractivity contribution in [2.75, 3.05) is 5.88 Å². The molecule has 0 saturated heterocycles. The summed E-state index contributed by atoms with van der Waals surface area (Å²) in [5.74, 6) is 1.43. The van der Waals surface area contributed by atoms with E-state index in [0.29, 0.717) is 5.92 Å². The smallest absolute Gasteiger partial charge is 0.0246 e. The van der Waals surface area contributed by atoms with Gasteiger partial charge in [0.1, 0.15) is 0 Å². The molecule has 0 unspecified atom stereocenters. The van der Waals surface area contributed by atoms with Crippen LogP contribution in [0.2, 0.25) is 0 Å². The van der Waals surface area contributed by atoms with Crippen molar-refractivity contribution in [2.45, 2.75) is 13.8 Å². The molecule has 0 amide bonds. The maximum absolute atomic E-state index is 5.34. The van der Waals surface area contributed by atoms with Crippen molar-refractivity contribution >= 4 is 34.7 Å². The van der Waals surface area contributed by atoms with E-state index in [0.717, 1.165) is 5.88 Å². The second-order valence-electron chi connectivity index (χ2n) is 1.55. The van der Waals surface area contributed by atoms with Crippen molar-refractivity contribution < 1.29 is 0 Å². The standard InChI is InChI=1S/C4H9Cl.Mg/c1-4(2)3-5;/h4H,3H2,1-2H3;. The van der Waals surface area contributed by atoms with Crippen LogP contribution in [0.1, 0.15) is 13.8 Å². The van der Waals surface area contributed by atoms with Gasteiger partial charge in [-0.25, -0.2) is 0 Å². The number of alkyl halides is 1. The molecule has 0 aromatic heterocycles. The molecule has 6 heavy (non-hydrogen) atoms. The third-order valence-corrected chi connectivity index (χ3v) is 0.926. The lowest BCUT2D eigenvalue weighted by atomic mass is 10.3. The van der Waals surface area contributed by atoms with Gasteiger partial charge < -0.3 is 0 Å². The van der Waals surface area contributed by atoms with Gasteiger partial charge in [0.15, 0.2) is 0 Å². The molecule has 34 valence electrons. The van der Waals surface area contributed by atoms with E-state index in [1.54, 1.807) is 0 Å². The molecular weight excluding hydrogens is 108 g/mol. The minimum Gasteiger partial charge on any atom is -0.126 e. The van der Waals surface area contributed by atoms with Gasteiger partial charge in [-0.2, -0.15) is 0 Å². The zero-order valence-electron chi connectivity index (χ0n) is 4.37. The van der Waals surface area contributed by atoms with Crippen molar-refractivity contribution in [1.82, 2.24) is 0 Å². The SMILES string of the molecule is CC(C)CCl.[Mg]. The second kappa shape index (κ2) is 6.06. The Morgan fingerprint density at radius 1 is 1.50 bits per heavy atom. The normalized spacial score (nSPS) is 8.00. The quantitative estimate of drug-likeness (QED) is 0.360. The number of hydrogen-bond donors (Lipinski definition) is 0. The summed E-state index contributed by atoms with van der Waals surface area (Å²) in [4.78, 5) is 0. The maximum Gasteiger partial charge on any atom is 0.0246 e. The van der Waals surface area contributed by atoms with Crippen LogP contribution in [0.4, 0.5) is 0 Å². The lowest BCUT2D eigenvalue weighted by Crippen LogP contribution is -1.83. The summed E-state index contributed by atoms with van der Waals surface area (Å²) in [5.41, 5.74) is 0. The Morgan fingerprint density at radius 2 is 1.67 bits per heavy atom. The molecule has 0 aliphatic carbocycles. The lowest BCUT2D eigenvalue weighted by molar-refractivity contribution is 0.745. The van der Waals surface area contributed by atoms with E-state index in [2.05, 4.69) is 13.8 Å². The van der Waals surface area contributed by atoms with Crippen LogP contribution < -0.4 is 0 Å². The molecule has 0 nitrogen and oxygen atoms in total. The topological polar surface area (TPSA) is 0 Å². The zero-order chi connectivity index (χ0) is 4.28. The molecule has 0 heterocycles. The first-order valence-corrected chi connectivity index (χ1v) is 2.36. The Bertz CT molecular complexity index is 21.5. The Kier molecular flexibility index (Phi) is 10.2. The van der Waals surface area contributed by atoms with E-state index in [9.17, 15) is 0 Å². The fourth-order valence-electron chi connectivity index (χ4n) is 0. The fraction of sp³-hybridized carbons (Fsp3) is 1.00. The molecule has 0 N–H and O–H groups in total. The zero-order valence-corrected chi connectivity index (χ0v) is 6.54. The molecule has 2 radical (unpaired) electrons. The Hall–Kier alpha value is 1.06. The summed E-state index contributed by atoms with van der Waals surface area (Å²) < 4.78 is 0. The second-order valence-corrected chi connectivity index (χ2v) is 1.86. The van der Waals surface area contributed by atoms with Crippen molar-refractivity contribution in [3.63, 3.8) is 0 Å². The van der Waals surface area contributed by atoms with Crippen LogP contribution in [-0.4, -0.2) is 28.9 Å². The van der Waals surface area contributed by atoms with Crippen LogP contribution in [0.15, 0.2) is 0 Å². The van der Waals surface area contributed by atoms with Crippen LogP contribution in [-0.2, 0) is 0 Å². The van der Waals surface area contributed by atoms with E-state index in [4.69, 9.17) is 11.6 Å². The van der Waals surface area contributed by atoms with Crippen LogP contribution in [0.25, 0.3) is 0 Å². The molecule has 0 bridgehead atoms. The van der Waals surface area contributed by atoms with E-state index in [1.165, 1.54) is 0 Å². The Morgan fingerprint density at radius 3 is 1.67 bits per heavy atom. The average molecular weight is 117 g/mol. The van der Waals surface area contributed by atoms with E-state index >= 15 is 0 Å². The minimum absolute atomic E-state index is 0. The lowest BCUT2D eigenvalue weighted by Gasteiger charge is -1.88. The van der Waals surface area contributed by atoms with E-state index < -0.39 is 0 Å². The number of rotatable bonds is 1. The monoisotopic (exact) mass is 116 g/mol. The minimum atomic E-state index is 0. The Balaban J connectivity index is 0. The molecule has 0 saturated carbocycles. The third-order valence-electron chi connectivity index (χ3n) is 0.309. The molecule has 2 heteroatoms. The van der Waals surface area contributed by atoms with Gasteiger partial charge >= 0.3 is 0 Å². The highest BCUT2D eigenvalue weighted by atomic mass is 35.5. The van der Waals surface area contributed by atoms with E-state index in [1.807, 2.05) is 0 Å². The molecule has 0 spiro atoms. The third kappa shape index (κ3) is 8.91. The van der Waals surface area contributed by atoms with E-state index in [-0.39, 0.29) is 23.1 Å². The molecule has 0 aromatic rings. The van der Waals surface area contributed by atoms with Crippen molar-refractivity contribution in [1.29, 1.82) is 0 Å². The molecule has 0 aromatic carbocycles. The molecular formula is C4H9ClMg. The first-order valence-electron chi connectivity index (χ1n) is 1.83. The van der Waals surface area contributed by atoms with Gasteiger partial charge in [0.2, 0.25) is 0 Å². The fourth-order valence-corrected chi connectivity index (χ4v) is 0. The summed E-state index contributed by atoms with van der Waals surface area (Å²) in [7, 11) is 0. The van der Waals surface area contributed by atoms with Crippen LogP contribution in [0.5, 0.6) is 0 Å². The summed E-state index contributed by atoms with van der Waals surface area (Å²) in [6.07, 6.45) is 0. The Labute approximate surface area is 60.4 Å².